The van der Waals surface area contributed by atoms with E-state index in [1.54, 1.807) is 0 Å². The summed E-state index contributed by atoms with van der Waals surface area (Å²) in [6.07, 6.45) is 5.18. The molecule has 4 heteroatoms. The number of carbonyl (C=O) groups excluding carboxylic acids is 1. The third kappa shape index (κ3) is 2.51. The van der Waals surface area contributed by atoms with Crippen molar-refractivity contribution in [1.82, 2.24) is 4.90 Å². The van der Waals surface area contributed by atoms with Crippen molar-refractivity contribution in [1.29, 1.82) is 0 Å². The fourth-order valence-electron chi connectivity index (χ4n) is 5.81. The first-order valence-electron chi connectivity index (χ1n) is 10.5. The maximum absolute atomic E-state index is 13.1. The molecule has 1 spiro atoms. The SMILES string of the molecule is O=C(OCC1c2ccccc2-c2ccccc21)N1C2CCCC1CC1(CO1)C2. The van der Waals surface area contributed by atoms with Crippen molar-refractivity contribution in [3.63, 3.8) is 0 Å². The summed E-state index contributed by atoms with van der Waals surface area (Å²) in [6.45, 7) is 1.28. The van der Waals surface area contributed by atoms with Crippen LogP contribution in [0.25, 0.3) is 11.1 Å². The van der Waals surface area contributed by atoms with Crippen LogP contribution in [0.15, 0.2) is 48.5 Å². The first kappa shape index (κ1) is 16.6. The molecule has 2 atom stereocenters. The number of benzene rings is 2. The zero-order chi connectivity index (χ0) is 18.7. The van der Waals surface area contributed by atoms with E-state index in [4.69, 9.17) is 9.47 Å². The number of fused-ring (bicyclic) bond motifs is 5. The van der Waals surface area contributed by atoms with Gasteiger partial charge in [0, 0.05) is 18.0 Å². The van der Waals surface area contributed by atoms with Crippen LogP contribution in [-0.4, -0.2) is 41.9 Å². The fourth-order valence-corrected chi connectivity index (χ4v) is 5.81. The predicted molar refractivity (Wildman–Crippen MR) is 106 cm³/mol. The Bertz CT molecular complexity index is 873. The number of rotatable bonds is 2. The molecule has 3 heterocycles. The molecule has 0 aromatic heterocycles. The van der Waals surface area contributed by atoms with Crippen LogP contribution >= 0.6 is 0 Å². The number of nitrogens with zero attached hydrogens (tertiary/aromatic N) is 1. The molecule has 3 aliphatic heterocycles. The highest BCUT2D eigenvalue weighted by molar-refractivity contribution is 5.79. The summed E-state index contributed by atoms with van der Waals surface area (Å²) in [6, 6.07) is 17.5. The van der Waals surface area contributed by atoms with Crippen LogP contribution in [0.1, 0.15) is 49.1 Å². The van der Waals surface area contributed by atoms with Gasteiger partial charge in [0.1, 0.15) is 6.61 Å². The van der Waals surface area contributed by atoms with Gasteiger partial charge in [-0.1, -0.05) is 48.5 Å². The van der Waals surface area contributed by atoms with Crippen molar-refractivity contribution >= 4 is 6.09 Å². The third-order valence-electron chi connectivity index (χ3n) is 7.18. The molecule has 2 unspecified atom stereocenters. The molecule has 28 heavy (non-hydrogen) atoms. The topological polar surface area (TPSA) is 42.1 Å². The van der Waals surface area contributed by atoms with Gasteiger partial charge in [-0.25, -0.2) is 4.79 Å². The van der Waals surface area contributed by atoms with Crippen molar-refractivity contribution in [2.24, 2.45) is 0 Å². The number of ether oxygens (including phenoxy) is 2. The summed E-state index contributed by atoms with van der Waals surface area (Å²) in [5.41, 5.74) is 5.14. The fraction of sp³-hybridized carbons (Fsp3) is 0.458. The van der Waals surface area contributed by atoms with Crippen molar-refractivity contribution in [3.05, 3.63) is 59.7 Å². The molecule has 3 fully saturated rings. The number of carbonyl (C=O) groups is 1. The molecular formula is C24H25NO3. The summed E-state index contributed by atoms with van der Waals surface area (Å²) in [5, 5.41) is 0. The summed E-state index contributed by atoms with van der Waals surface area (Å²) in [4.78, 5) is 15.1. The summed E-state index contributed by atoms with van der Waals surface area (Å²) >= 11 is 0. The molecular weight excluding hydrogens is 350 g/mol. The molecule has 4 nitrogen and oxygen atoms in total. The highest BCUT2D eigenvalue weighted by Gasteiger charge is 2.56. The van der Waals surface area contributed by atoms with Gasteiger partial charge in [0.05, 0.1) is 12.2 Å². The zero-order valence-electron chi connectivity index (χ0n) is 16.0. The van der Waals surface area contributed by atoms with Crippen LogP contribution in [0, 0.1) is 0 Å². The van der Waals surface area contributed by atoms with Gasteiger partial charge in [-0.05, 0) is 54.4 Å². The van der Waals surface area contributed by atoms with Crippen molar-refractivity contribution in [3.8, 4) is 11.1 Å². The summed E-state index contributed by atoms with van der Waals surface area (Å²) in [7, 11) is 0. The van der Waals surface area contributed by atoms with Crippen LogP contribution < -0.4 is 0 Å². The van der Waals surface area contributed by atoms with E-state index in [1.807, 2.05) is 4.90 Å². The second-order valence-electron chi connectivity index (χ2n) is 8.83. The number of hydrogen-bond donors (Lipinski definition) is 0. The van der Waals surface area contributed by atoms with Crippen LogP contribution in [-0.2, 0) is 9.47 Å². The molecule has 1 amide bonds. The maximum Gasteiger partial charge on any atom is 0.410 e. The molecule has 2 bridgehead atoms. The Kier molecular flexibility index (Phi) is 3.61. The Morgan fingerprint density at radius 2 is 1.57 bits per heavy atom. The number of hydrogen-bond acceptors (Lipinski definition) is 3. The average Bonchev–Trinajstić information content (AvgIpc) is 3.38. The maximum atomic E-state index is 13.1. The van der Waals surface area contributed by atoms with Gasteiger partial charge < -0.3 is 14.4 Å². The van der Waals surface area contributed by atoms with E-state index in [2.05, 4.69) is 48.5 Å². The van der Waals surface area contributed by atoms with Gasteiger partial charge in [0.2, 0.25) is 0 Å². The molecule has 2 aromatic carbocycles. The van der Waals surface area contributed by atoms with Gasteiger partial charge in [0.15, 0.2) is 0 Å². The van der Waals surface area contributed by atoms with E-state index in [9.17, 15) is 4.79 Å². The molecule has 0 saturated carbocycles. The minimum atomic E-state index is -0.132. The Labute approximate surface area is 165 Å². The van der Waals surface area contributed by atoms with Crippen LogP contribution in [0.2, 0.25) is 0 Å². The van der Waals surface area contributed by atoms with Crippen LogP contribution in [0.3, 0.4) is 0 Å². The number of amides is 1. The van der Waals surface area contributed by atoms with Gasteiger partial charge in [-0.15, -0.1) is 0 Å². The van der Waals surface area contributed by atoms with Crippen LogP contribution in [0.5, 0.6) is 0 Å². The zero-order valence-corrected chi connectivity index (χ0v) is 16.0. The smallest absolute Gasteiger partial charge is 0.410 e. The van der Waals surface area contributed by atoms with Crippen LogP contribution in [0.4, 0.5) is 4.79 Å². The molecule has 0 radical (unpaired) electrons. The lowest BCUT2D eigenvalue weighted by molar-refractivity contribution is -0.00337. The van der Waals surface area contributed by atoms with Gasteiger partial charge in [-0.2, -0.15) is 0 Å². The highest BCUT2D eigenvalue weighted by Crippen LogP contribution is 2.48. The van der Waals surface area contributed by atoms with E-state index in [-0.39, 0.29) is 29.7 Å². The largest absolute Gasteiger partial charge is 0.448 e. The lowest BCUT2D eigenvalue weighted by atomic mass is 9.79. The average molecular weight is 375 g/mol. The monoisotopic (exact) mass is 375 g/mol. The van der Waals surface area contributed by atoms with Gasteiger partial charge in [0.25, 0.3) is 0 Å². The van der Waals surface area contributed by atoms with E-state index in [1.165, 1.54) is 28.7 Å². The normalized spacial score (nSPS) is 30.1. The molecule has 6 rings (SSSR count). The predicted octanol–water partition coefficient (Wildman–Crippen LogP) is 4.72. The van der Waals surface area contributed by atoms with Crippen molar-refractivity contribution in [2.75, 3.05) is 13.2 Å². The lowest BCUT2D eigenvalue weighted by Gasteiger charge is -2.47. The van der Waals surface area contributed by atoms with E-state index in [0.717, 1.165) is 32.3 Å². The number of piperidine rings is 2. The van der Waals surface area contributed by atoms with Gasteiger partial charge >= 0.3 is 6.09 Å². The molecule has 3 saturated heterocycles. The Hall–Kier alpha value is -2.33. The summed E-state index contributed by atoms with van der Waals surface area (Å²) in [5.74, 6) is 0.124. The third-order valence-corrected chi connectivity index (χ3v) is 7.18. The van der Waals surface area contributed by atoms with Crippen molar-refractivity contribution in [2.45, 2.75) is 55.7 Å². The van der Waals surface area contributed by atoms with E-state index < -0.39 is 0 Å². The Balaban J connectivity index is 1.22. The molecule has 144 valence electrons. The molecule has 0 N–H and O–H groups in total. The Morgan fingerprint density at radius 3 is 2.14 bits per heavy atom. The standard InChI is InChI=1S/C24H25NO3/c26-23(25-16-6-5-7-17(25)13-24(12-16)15-28-24)27-14-22-20-10-3-1-8-18(20)19-9-2-4-11-21(19)22/h1-4,8-11,16-17,22H,5-7,12-15H2. The molecule has 1 aliphatic carbocycles. The second-order valence-corrected chi connectivity index (χ2v) is 8.83. The van der Waals surface area contributed by atoms with E-state index in [0.29, 0.717) is 6.61 Å². The van der Waals surface area contributed by atoms with Gasteiger partial charge in [-0.3, -0.25) is 0 Å². The van der Waals surface area contributed by atoms with E-state index >= 15 is 0 Å². The molecule has 4 aliphatic rings. The first-order valence-corrected chi connectivity index (χ1v) is 10.5. The minimum absolute atomic E-state index is 0.0792. The lowest BCUT2D eigenvalue weighted by Crippen LogP contribution is -2.57. The number of epoxide rings is 1. The Morgan fingerprint density at radius 1 is 1.00 bits per heavy atom. The molecule has 2 aromatic rings. The highest BCUT2D eigenvalue weighted by atomic mass is 16.6. The minimum Gasteiger partial charge on any atom is -0.448 e. The first-order chi connectivity index (χ1) is 13.7. The van der Waals surface area contributed by atoms with Crippen molar-refractivity contribution < 1.29 is 14.3 Å². The second kappa shape index (κ2) is 6.08. The summed E-state index contributed by atoms with van der Waals surface area (Å²) < 4.78 is 11.7. The quantitative estimate of drug-likeness (QED) is 0.713.